The summed E-state index contributed by atoms with van der Waals surface area (Å²) in [5, 5.41) is 0. The van der Waals surface area contributed by atoms with Gasteiger partial charge in [0.25, 0.3) is 0 Å². The minimum Gasteiger partial charge on any atom is -0.494 e. The van der Waals surface area contributed by atoms with Crippen LogP contribution >= 0.6 is 0 Å². The Morgan fingerprint density at radius 1 is 1.00 bits per heavy atom. The number of esters is 1. The highest BCUT2D eigenvalue weighted by Gasteiger charge is 2.14. The fourth-order valence-electron chi connectivity index (χ4n) is 2.01. The molecule has 0 bridgehead atoms. The second-order valence-corrected chi connectivity index (χ2v) is 5.15. The number of ketones is 1. The van der Waals surface area contributed by atoms with Gasteiger partial charge in [-0.2, -0.15) is 0 Å². The number of ether oxygens (including phenoxy) is 2. The van der Waals surface area contributed by atoms with E-state index in [1.54, 1.807) is 12.1 Å². The standard InChI is InChI=1S/C18H17FO4/c1-11-4-5-13(8-12(11)2)16(20)10-23-18(21)14-6-7-17(22-3)15(19)9-14/h4-9H,10H2,1-3H3. The molecule has 0 unspecified atom stereocenters. The molecule has 0 aliphatic heterocycles. The maximum Gasteiger partial charge on any atom is 0.338 e. The number of Topliss-reactive ketones (excluding diaryl/α,β-unsaturated/α-hetero) is 1. The van der Waals surface area contributed by atoms with Gasteiger partial charge in [0.2, 0.25) is 0 Å². The molecule has 2 aromatic rings. The second-order valence-electron chi connectivity index (χ2n) is 5.15. The van der Waals surface area contributed by atoms with Gasteiger partial charge in [-0.15, -0.1) is 0 Å². The average Bonchev–Trinajstić information content (AvgIpc) is 2.54. The number of carbonyl (C=O) groups excluding carboxylic acids is 2. The lowest BCUT2D eigenvalue weighted by Crippen LogP contribution is -2.14. The third-order valence-corrected chi connectivity index (χ3v) is 3.55. The lowest BCUT2D eigenvalue weighted by atomic mass is 10.0. The molecule has 0 heterocycles. The zero-order chi connectivity index (χ0) is 17.0. The number of hydrogen-bond acceptors (Lipinski definition) is 4. The smallest absolute Gasteiger partial charge is 0.338 e. The molecule has 0 saturated carbocycles. The number of aryl methyl sites for hydroxylation is 2. The van der Waals surface area contributed by atoms with Gasteiger partial charge in [-0.1, -0.05) is 12.1 Å². The summed E-state index contributed by atoms with van der Waals surface area (Å²) in [6.45, 7) is 3.45. The van der Waals surface area contributed by atoms with E-state index < -0.39 is 18.4 Å². The maximum absolute atomic E-state index is 13.6. The van der Waals surface area contributed by atoms with Crippen molar-refractivity contribution in [3.8, 4) is 5.75 Å². The maximum atomic E-state index is 13.6. The largest absolute Gasteiger partial charge is 0.494 e. The van der Waals surface area contributed by atoms with Crippen LogP contribution in [0.1, 0.15) is 31.8 Å². The fourth-order valence-corrected chi connectivity index (χ4v) is 2.01. The molecule has 0 N–H and O–H groups in total. The van der Waals surface area contributed by atoms with E-state index in [9.17, 15) is 14.0 Å². The number of rotatable bonds is 5. The number of halogens is 1. The van der Waals surface area contributed by atoms with Crippen LogP contribution in [0.2, 0.25) is 0 Å². The minimum absolute atomic E-state index is 0.0242. The Hall–Kier alpha value is -2.69. The van der Waals surface area contributed by atoms with Gasteiger partial charge >= 0.3 is 5.97 Å². The Balaban J connectivity index is 2.02. The molecule has 23 heavy (non-hydrogen) atoms. The van der Waals surface area contributed by atoms with Crippen molar-refractivity contribution in [1.82, 2.24) is 0 Å². The van der Waals surface area contributed by atoms with Crippen molar-refractivity contribution in [2.75, 3.05) is 13.7 Å². The summed E-state index contributed by atoms with van der Waals surface area (Å²) < 4.78 is 23.3. The summed E-state index contributed by atoms with van der Waals surface area (Å²) in [4.78, 5) is 23.9. The molecular weight excluding hydrogens is 299 g/mol. The molecule has 0 fully saturated rings. The van der Waals surface area contributed by atoms with E-state index in [0.717, 1.165) is 17.2 Å². The molecule has 0 amide bonds. The van der Waals surface area contributed by atoms with Crippen LogP contribution in [0.3, 0.4) is 0 Å². The van der Waals surface area contributed by atoms with Gasteiger partial charge < -0.3 is 9.47 Å². The summed E-state index contributed by atoms with van der Waals surface area (Å²) in [6.07, 6.45) is 0. The molecule has 5 heteroatoms. The zero-order valence-corrected chi connectivity index (χ0v) is 13.2. The number of hydrogen-bond donors (Lipinski definition) is 0. The first-order valence-electron chi connectivity index (χ1n) is 7.03. The fraction of sp³-hybridized carbons (Fsp3) is 0.222. The zero-order valence-electron chi connectivity index (χ0n) is 13.2. The predicted molar refractivity (Wildman–Crippen MR) is 83.5 cm³/mol. The van der Waals surface area contributed by atoms with Gasteiger partial charge in [0, 0.05) is 5.56 Å². The van der Waals surface area contributed by atoms with Crippen molar-refractivity contribution in [2.24, 2.45) is 0 Å². The Bertz CT molecular complexity index is 753. The van der Waals surface area contributed by atoms with Crippen molar-refractivity contribution in [1.29, 1.82) is 0 Å². The van der Waals surface area contributed by atoms with Gasteiger partial charge in [0.15, 0.2) is 24.0 Å². The molecule has 120 valence electrons. The second kappa shape index (κ2) is 7.05. The van der Waals surface area contributed by atoms with E-state index in [-0.39, 0.29) is 17.1 Å². The highest BCUT2D eigenvalue weighted by atomic mass is 19.1. The summed E-state index contributed by atoms with van der Waals surface area (Å²) in [6, 6.07) is 9.00. The van der Waals surface area contributed by atoms with E-state index >= 15 is 0 Å². The molecule has 0 aliphatic carbocycles. The van der Waals surface area contributed by atoms with Gasteiger partial charge in [-0.05, 0) is 49.2 Å². The normalized spacial score (nSPS) is 10.3. The van der Waals surface area contributed by atoms with Crippen LogP contribution in [-0.2, 0) is 4.74 Å². The first-order valence-corrected chi connectivity index (χ1v) is 7.03. The number of carbonyl (C=O) groups is 2. The first kappa shape index (κ1) is 16.7. The van der Waals surface area contributed by atoms with Crippen LogP contribution in [0.15, 0.2) is 36.4 Å². The summed E-state index contributed by atoms with van der Waals surface area (Å²) in [5.74, 6) is -1.70. The highest BCUT2D eigenvalue weighted by molar-refractivity contribution is 5.99. The van der Waals surface area contributed by atoms with Crippen LogP contribution in [0.5, 0.6) is 5.75 Å². The quantitative estimate of drug-likeness (QED) is 0.626. The molecule has 0 spiro atoms. The summed E-state index contributed by atoms with van der Waals surface area (Å²) >= 11 is 0. The van der Waals surface area contributed by atoms with E-state index in [4.69, 9.17) is 9.47 Å². The Morgan fingerprint density at radius 3 is 2.30 bits per heavy atom. The van der Waals surface area contributed by atoms with E-state index in [2.05, 4.69) is 0 Å². The topological polar surface area (TPSA) is 52.6 Å². The third kappa shape index (κ3) is 3.94. The first-order chi connectivity index (χ1) is 10.9. The lowest BCUT2D eigenvalue weighted by molar-refractivity contribution is 0.0474. The molecule has 2 rings (SSSR count). The van der Waals surface area contributed by atoms with Gasteiger partial charge in [-0.3, -0.25) is 4.79 Å². The summed E-state index contributed by atoms with van der Waals surface area (Å²) in [7, 11) is 1.33. The lowest BCUT2D eigenvalue weighted by Gasteiger charge is -2.07. The highest BCUT2D eigenvalue weighted by Crippen LogP contribution is 2.18. The van der Waals surface area contributed by atoms with Gasteiger partial charge in [-0.25, -0.2) is 9.18 Å². The van der Waals surface area contributed by atoms with Crippen LogP contribution < -0.4 is 4.74 Å². The minimum atomic E-state index is -0.760. The molecular formula is C18H17FO4. The molecule has 0 aliphatic rings. The Labute approximate surface area is 133 Å². The SMILES string of the molecule is COc1ccc(C(=O)OCC(=O)c2ccc(C)c(C)c2)cc1F. The molecule has 0 aromatic heterocycles. The third-order valence-electron chi connectivity index (χ3n) is 3.55. The molecule has 0 radical (unpaired) electrons. The van der Waals surface area contributed by atoms with Crippen LogP contribution in [0.4, 0.5) is 4.39 Å². The van der Waals surface area contributed by atoms with Crippen molar-refractivity contribution in [3.05, 3.63) is 64.5 Å². The van der Waals surface area contributed by atoms with Crippen molar-refractivity contribution >= 4 is 11.8 Å². The van der Waals surface area contributed by atoms with Crippen molar-refractivity contribution in [3.63, 3.8) is 0 Å². The van der Waals surface area contributed by atoms with Gasteiger partial charge in [0.05, 0.1) is 12.7 Å². The molecule has 0 atom stereocenters. The van der Waals surface area contributed by atoms with Crippen LogP contribution in [0, 0.1) is 19.7 Å². The van der Waals surface area contributed by atoms with Crippen molar-refractivity contribution < 1.29 is 23.5 Å². The van der Waals surface area contributed by atoms with E-state index in [1.807, 2.05) is 19.9 Å². The van der Waals surface area contributed by atoms with Crippen molar-refractivity contribution in [2.45, 2.75) is 13.8 Å². The predicted octanol–water partition coefficient (Wildman–Crippen LogP) is 3.49. The van der Waals surface area contributed by atoms with E-state index in [0.29, 0.717) is 5.56 Å². The van der Waals surface area contributed by atoms with Gasteiger partial charge in [0.1, 0.15) is 0 Å². The summed E-state index contributed by atoms with van der Waals surface area (Å²) in [5.41, 5.74) is 2.56. The number of methoxy groups -OCH3 is 1. The molecule has 2 aromatic carbocycles. The van der Waals surface area contributed by atoms with E-state index in [1.165, 1.54) is 19.2 Å². The molecule has 0 saturated heterocycles. The van der Waals surface area contributed by atoms with Crippen LogP contribution in [0.25, 0.3) is 0 Å². The Kier molecular flexibility index (Phi) is 5.11. The molecule has 4 nitrogen and oxygen atoms in total. The van der Waals surface area contributed by atoms with Crippen LogP contribution in [-0.4, -0.2) is 25.5 Å². The number of benzene rings is 2. The Morgan fingerprint density at radius 2 is 1.70 bits per heavy atom. The average molecular weight is 316 g/mol. The monoisotopic (exact) mass is 316 g/mol.